The summed E-state index contributed by atoms with van der Waals surface area (Å²) in [6, 6.07) is 11.8. The van der Waals surface area contributed by atoms with Crippen LogP contribution in [0.4, 0.5) is 23.2 Å². The van der Waals surface area contributed by atoms with Gasteiger partial charge in [-0.15, -0.1) is 0 Å². The Morgan fingerprint density at radius 3 is 2.34 bits per heavy atom. The number of hydrogen-bond acceptors (Lipinski definition) is 5. The van der Waals surface area contributed by atoms with Crippen LogP contribution in [0, 0.1) is 0 Å². The molecule has 3 aromatic rings. The number of carbonyl (C=O) groups excluding carboxylic acids is 1. The molecule has 0 saturated carbocycles. The molecule has 0 aliphatic carbocycles. The molecule has 0 radical (unpaired) electrons. The van der Waals surface area contributed by atoms with E-state index in [-0.39, 0.29) is 11.3 Å². The van der Waals surface area contributed by atoms with Crippen molar-refractivity contribution in [3.63, 3.8) is 0 Å². The summed E-state index contributed by atoms with van der Waals surface area (Å²) < 4.78 is 57.3. The van der Waals surface area contributed by atoms with E-state index in [1.807, 2.05) is 0 Å². The molecular formula is C24H23F4N3O4. The van der Waals surface area contributed by atoms with Crippen LogP contribution in [0.25, 0.3) is 11.3 Å². The molecule has 7 nitrogen and oxygen atoms in total. The number of halogens is 4. The molecule has 186 valence electrons. The highest BCUT2D eigenvalue weighted by Crippen LogP contribution is 2.27. The zero-order valence-electron chi connectivity index (χ0n) is 18.8. The van der Waals surface area contributed by atoms with Crippen LogP contribution in [0.1, 0.15) is 29.8 Å². The number of para-hydroxylation sites is 1. The molecule has 35 heavy (non-hydrogen) atoms. The minimum Gasteiger partial charge on any atom is -0.487 e. The summed E-state index contributed by atoms with van der Waals surface area (Å²) in [6.07, 6.45) is -4.72. The van der Waals surface area contributed by atoms with E-state index in [9.17, 15) is 32.3 Å². The van der Waals surface area contributed by atoms with Crippen molar-refractivity contribution in [2.75, 3.05) is 11.9 Å². The average Bonchev–Trinajstić information content (AvgIpc) is 2.78. The van der Waals surface area contributed by atoms with Gasteiger partial charge < -0.3 is 15.2 Å². The first-order chi connectivity index (χ1) is 16.5. The van der Waals surface area contributed by atoms with Crippen molar-refractivity contribution in [2.45, 2.75) is 38.8 Å². The van der Waals surface area contributed by atoms with Crippen molar-refractivity contribution in [2.24, 2.45) is 0 Å². The van der Waals surface area contributed by atoms with Gasteiger partial charge in [-0.05, 0) is 43.7 Å². The number of carbonyl (C=O) groups is 1. The van der Waals surface area contributed by atoms with Crippen molar-refractivity contribution in [1.82, 2.24) is 9.78 Å². The van der Waals surface area contributed by atoms with E-state index < -0.39 is 54.2 Å². The maximum absolute atomic E-state index is 13.2. The largest absolute Gasteiger partial charge is 0.487 e. The van der Waals surface area contributed by atoms with Crippen LogP contribution in [-0.4, -0.2) is 40.3 Å². The summed E-state index contributed by atoms with van der Waals surface area (Å²) in [5.41, 5.74) is -2.03. The van der Waals surface area contributed by atoms with Crippen LogP contribution in [0.3, 0.4) is 0 Å². The number of alkyl halides is 4. The summed E-state index contributed by atoms with van der Waals surface area (Å²) in [4.78, 5) is 26.1. The lowest BCUT2D eigenvalue weighted by atomic mass is 9.98. The number of rotatable bonds is 9. The highest BCUT2D eigenvalue weighted by Gasteiger charge is 2.22. The third-order valence-corrected chi connectivity index (χ3v) is 4.89. The quantitative estimate of drug-likeness (QED) is 0.434. The molecule has 1 amide bonds. The molecule has 1 heterocycles. The SMILES string of the molecule is CC(C)(O)c1ccc(NC(=O)c2cn(CC(F)F)nc(-c3ccccc3OCC(F)F)c2=O)cc1. The van der Waals surface area contributed by atoms with E-state index in [0.717, 1.165) is 10.9 Å². The van der Waals surface area contributed by atoms with E-state index in [4.69, 9.17) is 4.74 Å². The number of anilines is 1. The summed E-state index contributed by atoms with van der Waals surface area (Å²) in [6.45, 7) is 1.32. The zero-order valence-corrected chi connectivity index (χ0v) is 18.8. The lowest BCUT2D eigenvalue weighted by Crippen LogP contribution is -2.27. The smallest absolute Gasteiger partial charge is 0.272 e. The third-order valence-electron chi connectivity index (χ3n) is 4.89. The number of hydrogen-bond donors (Lipinski definition) is 2. The van der Waals surface area contributed by atoms with Crippen molar-refractivity contribution in [3.05, 3.63) is 76.1 Å². The van der Waals surface area contributed by atoms with Gasteiger partial charge in [0.2, 0.25) is 5.43 Å². The standard InChI is InChI=1S/C24H23F4N3O4/c1-24(2,34)14-7-9-15(10-8-14)29-23(33)17-11-31(12-19(25)26)30-21(22(17)32)16-5-3-4-6-18(16)35-13-20(27)28/h3-11,19-20,34H,12-13H2,1-2H3,(H,29,33). The fourth-order valence-electron chi connectivity index (χ4n) is 3.21. The highest BCUT2D eigenvalue weighted by molar-refractivity contribution is 6.04. The van der Waals surface area contributed by atoms with Gasteiger partial charge in [0.1, 0.15) is 30.2 Å². The Morgan fingerprint density at radius 1 is 1.09 bits per heavy atom. The van der Waals surface area contributed by atoms with Crippen LogP contribution < -0.4 is 15.5 Å². The molecule has 0 saturated heterocycles. The van der Waals surface area contributed by atoms with Crippen molar-refractivity contribution in [1.29, 1.82) is 0 Å². The van der Waals surface area contributed by atoms with Crippen LogP contribution in [0.2, 0.25) is 0 Å². The van der Waals surface area contributed by atoms with Crippen LogP contribution >= 0.6 is 0 Å². The predicted octanol–water partition coefficient (Wildman–Crippen LogP) is 4.30. The molecule has 0 fully saturated rings. The third kappa shape index (κ3) is 6.66. The average molecular weight is 493 g/mol. The molecule has 0 unspecified atom stereocenters. The lowest BCUT2D eigenvalue weighted by Gasteiger charge is -2.18. The van der Waals surface area contributed by atoms with Gasteiger partial charge in [0.05, 0.1) is 5.60 Å². The highest BCUT2D eigenvalue weighted by atomic mass is 19.3. The Bertz CT molecular complexity index is 1240. The second-order valence-electron chi connectivity index (χ2n) is 8.12. The number of ether oxygens (including phenoxy) is 1. The fraction of sp³-hybridized carbons (Fsp3) is 0.292. The molecule has 0 bridgehead atoms. The van der Waals surface area contributed by atoms with E-state index in [1.54, 1.807) is 26.0 Å². The minimum atomic E-state index is -2.84. The summed E-state index contributed by atoms with van der Waals surface area (Å²) in [5, 5.41) is 16.5. The van der Waals surface area contributed by atoms with Gasteiger partial charge in [0.25, 0.3) is 18.8 Å². The molecule has 0 aliphatic rings. The first-order valence-electron chi connectivity index (χ1n) is 10.5. The summed E-state index contributed by atoms with van der Waals surface area (Å²) in [7, 11) is 0. The number of aromatic nitrogens is 2. The Kier molecular flexibility index (Phi) is 7.90. The molecule has 0 spiro atoms. The van der Waals surface area contributed by atoms with Crippen molar-refractivity contribution >= 4 is 11.6 Å². The Hall–Kier alpha value is -3.73. The topological polar surface area (TPSA) is 93.5 Å². The van der Waals surface area contributed by atoms with Gasteiger partial charge in [0, 0.05) is 17.4 Å². The molecule has 11 heteroatoms. The van der Waals surface area contributed by atoms with Gasteiger partial charge in [-0.25, -0.2) is 17.6 Å². The molecule has 2 N–H and O–H groups in total. The second-order valence-corrected chi connectivity index (χ2v) is 8.12. The second kappa shape index (κ2) is 10.7. The molecule has 1 aromatic heterocycles. The van der Waals surface area contributed by atoms with Gasteiger partial charge in [-0.2, -0.15) is 5.10 Å². The molecule has 2 aromatic carbocycles. The van der Waals surface area contributed by atoms with Crippen LogP contribution in [-0.2, 0) is 12.1 Å². The molecule has 3 rings (SSSR count). The van der Waals surface area contributed by atoms with Gasteiger partial charge in [-0.1, -0.05) is 24.3 Å². The van der Waals surface area contributed by atoms with Crippen molar-refractivity contribution in [3.8, 4) is 17.0 Å². The molecular weight excluding hydrogens is 470 g/mol. The zero-order chi connectivity index (χ0) is 25.8. The minimum absolute atomic E-state index is 0.0228. The van der Waals surface area contributed by atoms with E-state index >= 15 is 0 Å². The monoisotopic (exact) mass is 493 g/mol. The number of nitrogens with zero attached hydrogens (tertiary/aromatic N) is 2. The van der Waals surface area contributed by atoms with Gasteiger partial charge in [0.15, 0.2) is 0 Å². The normalized spacial score (nSPS) is 11.7. The predicted molar refractivity (Wildman–Crippen MR) is 121 cm³/mol. The number of amides is 1. The summed E-state index contributed by atoms with van der Waals surface area (Å²) in [5.74, 6) is -0.996. The Morgan fingerprint density at radius 2 is 1.74 bits per heavy atom. The lowest BCUT2D eigenvalue weighted by molar-refractivity contribution is 0.0786. The maximum Gasteiger partial charge on any atom is 0.272 e. The first-order valence-corrected chi connectivity index (χ1v) is 10.5. The Balaban J connectivity index is 2.02. The van der Waals surface area contributed by atoms with Crippen LogP contribution in [0.5, 0.6) is 5.75 Å². The van der Waals surface area contributed by atoms with E-state index in [0.29, 0.717) is 11.3 Å². The van der Waals surface area contributed by atoms with Gasteiger partial charge in [-0.3, -0.25) is 14.3 Å². The molecule has 0 aliphatic heterocycles. The Labute approximate surface area is 198 Å². The maximum atomic E-state index is 13.2. The fourth-order valence-corrected chi connectivity index (χ4v) is 3.21. The van der Waals surface area contributed by atoms with E-state index in [2.05, 4.69) is 10.4 Å². The van der Waals surface area contributed by atoms with Crippen molar-refractivity contribution < 1.29 is 32.2 Å². The number of nitrogens with one attached hydrogen (secondary N) is 1. The van der Waals surface area contributed by atoms with E-state index in [1.165, 1.54) is 36.4 Å². The number of aliphatic hydroxyl groups is 1. The number of benzene rings is 2. The van der Waals surface area contributed by atoms with Gasteiger partial charge >= 0.3 is 0 Å². The summed E-state index contributed by atoms with van der Waals surface area (Å²) >= 11 is 0. The first kappa shape index (κ1) is 25.9. The van der Waals surface area contributed by atoms with Crippen LogP contribution in [0.15, 0.2) is 59.5 Å². The molecule has 0 atom stereocenters.